The molecule has 156 valence electrons. The third kappa shape index (κ3) is 4.57. The van der Waals surface area contributed by atoms with Crippen LogP contribution in [0.3, 0.4) is 0 Å². The zero-order valence-corrected chi connectivity index (χ0v) is 17.7. The molecule has 0 bridgehead atoms. The van der Waals surface area contributed by atoms with Crippen molar-refractivity contribution in [1.29, 1.82) is 0 Å². The third-order valence-corrected chi connectivity index (χ3v) is 7.24. The Morgan fingerprint density at radius 1 is 0.742 bits per heavy atom. The lowest BCUT2D eigenvalue weighted by atomic mass is 10.1. The van der Waals surface area contributed by atoms with Crippen molar-refractivity contribution in [3.63, 3.8) is 0 Å². The molecule has 1 heterocycles. The summed E-state index contributed by atoms with van der Waals surface area (Å²) in [7, 11) is -3.82. The fraction of sp³-hybridized carbons (Fsp3) is 0. The number of hydrazine groups is 1. The summed E-state index contributed by atoms with van der Waals surface area (Å²) in [5, 5.41) is 3.54. The molecule has 0 spiro atoms. The highest BCUT2D eigenvalue weighted by atomic mass is 32.2. The van der Waals surface area contributed by atoms with Crippen LogP contribution in [0, 0.1) is 0 Å². The maximum atomic E-state index is 12.6. The first-order valence-electron chi connectivity index (χ1n) is 9.19. The Balaban J connectivity index is 1.48. The van der Waals surface area contributed by atoms with Crippen molar-refractivity contribution < 1.29 is 18.0 Å². The van der Waals surface area contributed by atoms with Gasteiger partial charge in [-0.3, -0.25) is 25.2 Å². The maximum absolute atomic E-state index is 12.6. The molecule has 0 saturated heterocycles. The lowest BCUT2D eigenvalue weighted by molar-refractivity contribution is 0.0847. The van der Waals surface area contributed by atoms with Crippen LogP contribution in [0.1, 0.15) is 20.7 Å². The Morgan fingerprint density at radius 3 is 2.23 bits per heavy atom. The lowest BCUT2D eigenvalue weighted by Gasteiger charge is -2.13. The van der Waals surface area contributed by atoms with Crippen LogP contribution in [0.2, 0.25) is 0 Å². The monoisotopic (exact) mass is 451 g/mol. The van der Waals surface area contributed by atoms with Gasteiger partial charge in [0.25, 0.3) is 21.8 Å². The molecule has 3 N–H and O–H groups in total. The summed E-state index contributed by atoms with van der Waals surface area (Å²) in [5.74, 6) is -1.14. The van der Waals surface area contributed by atoms with Crippen molar-refractivity contribution in [2.45, 2.75) is 4.21 Å². The number of para-hydroxylation sites is 1. The minimum absolute atomic E-state index is 0.0708. The fourth-order valence-corrected chi connectivity index (χ4v) is 5.04. The topological polar surface area (TPSA) is 104 Å². The van der Waals surface area contributed by atoms with Crippen molar-refractivity contribution in [3.05, 3.63) is 95.4 Å². The lowest BCUT2D eigenvalue weighted by Crippen LogP contribution is -2.41. The molecule has 2 amide bonds. The van der Waals surface area contributed by atoms with E-state index in [0.717, 1.165) is 22.1 Å². The minimum atomic E-state index is -3.82. The van der Waals surface area contributed by atoms with Gasteiger partial charge in [0.15, 0.2) is 0 Å². The van der Waals surface area contributed by atoms with E-state index in [-0.39, 0.29) is 15.5 Å². The number of nitrogens with one attached hydrogen (secondary N) is 3. The first kappa shape index (κ1) is 20.6. The van der Waals surface area contributed by atoms with Gasteiger partial charge in [-0.1, -0.05) is 48.5 Å². The van der Waals surface area contributed by atoms with E-state index in [1.54, 1.807) is 35.7 Å². The second-order valence-electron chi connectivity index (χ2n) is 6.55. The zero-order chi connectivity index (χ0) is 21.8. The molecule has 0 aliphatic carbocycles. The van der Waals surface area contributed by atoms with Crippen molar-refractivity contribution in [3.8, 4) is 0 Å². The molecule has 0 unspecified atom stereocenters. The van der Waals surface area contributed by atoms with Crippen molar-refractivity contribution in [2.24, 2.45) is 0 Å². The first-order chi connectivity index (χ1) is 14.9. The molecule has 0 aliphatic rings. The van der Waals surface area contributed by atoms with Gasteiger partial charge >= 0.3 is 0 Å². The maximum Gasteiger partial charge on any atom is 0.271 e. The molecule has 4 aromatic rings. The van der Waals surface area contributed by atoms with Crippen LogP contribution in [0.4, 0.5) is 5.69 Å². The molecule has 9 heteroatoms. The van der Waals surface area contributed by atoms with E-state index < -0.39 is 21.8 Å². The predicted molar refractivity (Wildman–Crippen MR) is 120 cm³/mol. The number of carbonyl (C=O) groups is 2. The summed E-state index contributed by atoms with van der Waals surface area (Å²) < 4.78 is 27.5. The standard InChI is InChI=1S/C22H17N3O4S2/c26-21(17-12-11-15-6-1-2-7-16(15)14-17)23-24-22(27)18-8-3-4-9-19(18)25-31(28,29)20-10-5-13-30-20/h1-14,25H,(H,23,26)(H,24,27). The Hall–Kier alpha value is -3.69. The van der Waals surface area contributed by atoms with E-state index in [9.17, 15) is 18.0 Å². The third-order valence-electron chi connectivity index (χ3n) is 4.48. The normalized spacial score (nSPS) is 11.1. The molecular weight excluding hydrogens is 434 g/mol. The quantitative estimate of drug-likeness (QED) is 0.402. The first-order valence-corrected chi connectivity index (χ1v) is 11.6. The minimum Gasteiger partial charge on any atom is -0.278 e. The average molecular weight is 452 g/mol. The number of hydrogen-bond acceptors (Lipinski definition) is 5. The van der Waals surface area contributed by atoms with Crippen LogP contribution in [0.5, 0.6) is 0 Å². The van der Waals surface area contributed by atoms with E-state index in [1.807, 2.05) is 30.3 Å². The summed E-state index contributed by atoms with van der Waals surface area (Å²) in [6.07, 6.45) is 0. The molecule has 4 rings (SSSR count). The van der Waals surface area contributed by atoms with E-state index in [0.29, 0.717) is 5.56 Å². The van der Waals surface area contributed by atoms with Crippen LogP contribution >= 0.6 is 11.3 Å². The number of anilines is 1. The summed E-state index contributed by atoms with van der Waals surface area (Å²) in [6, 6.07) is 22.1. The molecule has 0 fully saturated rings. The highest BCUT2D eigenvalue weighted by Crippen LogP contribution is 2.23. The van der Waals surface area contributed by atoms with Crippen LogP contribution in [0.25, 0.3) is 10.8 Å². The van der Waals surface area contributed by atoms with Crippen molar-refractivity contribution >= 4 is 49.6 Å². The molecule has 7 nitrogen and oxygen atoms in total. The Labute approximate surface area is 182 Å². The molecule has 0 atom stereocenters. The average Bonchev–Trinajstić information content (AvgIpc) is 3.33. The smallest absolute Gasteiger partial charge is 0.271 e. The van der Waals surface area contributed by atoms with Gasteiger partial charge < -0.3 is 0 Å². The Kier molecular flexibility index (Phi) is 5.70. The predicted octanol–water partition coefficient (Wildman–Crippen LogP) is 3.78. The van der Waals surface area contributed by atoms with Crippen LogP contribution in [-0.2, 0) is 10.0 Å². The second-order valence-corrected chi connectivity index (χ2v) is 9.41. The van der Waals surface area contributed by atoms with E-state index in [4.69, 9.17) is 0 Å². The zero-order valence-electron chi connectivity index (χ0n) is 16.0. The van der Waals surface area contributed by atoms with Crippen molar-refractivity contribution in [2.75, 3.05) is 4.72 Å². The summed E-state index contributed by atoms with van der Waals surface area (Å²) in [6.45, 7) is 0. The molecule has 0 saturated carbocycles. The molecular formula is C22H17N3O4S2. The molecule has 0 aliphatic heterocycles. The summed E-state index contributed by atoms with van der Waals surface area (Å²) in [5.41, 5.74) is 5.26. The molecule has 0 radical (unpaired) electrons. The largest absolute Gasteiger partial charge is 0.278 e. The van der Waals surface area contributed by atoms with Gasteiger partial charge in [-0.25, -0.2) is 8.42 Å². The Bertz CT molecular complexity index is 1370. The van der Waals surface area contributed by atoms with Crippen LogP contribution < -0.4 is 15.6 Å². The molecule has 1 aromatic heterocycles. The number of amides is 2. The highest BCUT2D eigenvalue weighted by molar-refractivity contribution is 7.94. The van der Waals surface area contributed by atoms with E-state index in [2.05, 4.69) is 15.6 Å². The van der Waals surface area contributed by atoms with E-state index >= 15 is 0 Å². The molecule has 3 aromatic carbocycles. The SMILES string of the molecule is O=C(NNC(=O)c1ccccc1NS(=O)(=O)c1cccs1)c1ccc2ccccc2c1. The van der Waals surface area contributed by atoms with Gasteiger partial charge in [0.2, 0.25) is 0 Å². The number of fused-ring (bicyclic) bond motifs is 1. The number of sulfonamides is 1. The Morgan fingerprint density at radius 2 is 1.45 bits per heavy atom. The fourth-order valence-electron chi connectivity index (χ4n) is 2.97. The summed E-state index contributed by atoms with van der Waals surface area (Å²) in [4.78, 5) is 25.1. The highest BCUT2D eigenvalue weighted by Gasteiger charge is 2.19. The molecule has 31 heavy (non-hydrogen) atoms. The van der Waals surface area contributed by atoms with Gasteiger partial charge in [0, 0.05) is 5.56 Å². The van der Waals surface area contributed by atoms with Gasteiger partial charge in [-0.2, -0.15) is 0 Å². The van der Waals surface area contributed by atoms with Gasteiger partial charge in [-0.05, 0) is 46.5 Å². The van der Waals surface area contributed by atoms with Crippen molar-refractivity contribution in [1.82, 2.24) is 10.9 Å². The number of hydrogen-bond donors (Lipinski definition) is 3. The summed E-state index contributed by atoms with van der Waals surface area (Å²) >= 11 is 1.07. The van der Waals surface area contributed by atoms with Crippen LogP contribution in [-0.4, -0.2) is 20.2 Å². The number of rotatable bonds is 5. The van der Waals surface area contributed by atoms with Gasteiger partial charge in [0.05, 0.1) is 11.3 Å². The number of thiophene rings is 1. The van der Waals surface area contributed by atoms with E-state index in [1.165, 1.54) is 18.2 Å². The van der Waals surface area contributed by atoms with Gasteiger partial charge in [0.1, 0.15) is 4.21 Å². The number of benzene rings is 3. The van der Waals surface area contributed by atoms with Gasteiger partial charge in [-0.15, -0.1) is 11.3 Å². The second kappa shape index (κ2) is 8.58. The number of carbonyl (C=O) groups excluding carboxylic acids is 2. The van der Waals surface area contributed by atoms with Crippen LogP contribution in [0.15, 0.2) is 88.5 Å².